The highest BCUT2D eigenvalue weighted by Crippen LogP contribution is 2.46. The fourth-order valence-electron chi connectivity index (χ4n) is 8.10. The lowest BCUT2D eigenvalue weighted by Gasteiger charge is -2.38. The number of piperazine rings is 1. The Hall–Kier alpha value is -4.14. The van der Waals surface area contributed by atoms with Crippen LogP contribution in [0.5, 0.6) is 11.8 Å². The normalized spacial score (nSPS) is 22.3. The third-order valence-electron chi connectivity index (χ3n) is 10.2. The monoisotopic (exact) mass is 617 g/mol. The van der Waals surface area contributed by atoms with E-state index in [1.54, 1.807) is 4.90 Å². The Morgan fingerprint density at radius 3 is 2.67 bits per heavy atom. The summed E-state index contributed by atoms with van der Waals surface area (Å²) < 4.78 is 69.7. The van der Waals surface area contributed by atoms with Crippen LogP contribution < -0.4 is 15.0 Å². The van der Waals surface area contributed by atoms with E-state index in [1.165, 1.54) is 18.2 Å². The predicted molar refractivity (Wildman–Crippen MR) is 163 cm³/mol. The quantitative estimate of drug-likeness (QED) is 0.176. The van der Waals surface area contributed by atoms with E-state index in [-0.39, 0.29) is 75.1 Å². The molecule has 0 saturated carbocycles. The van der Waals surface area contributed by atoms with Gasteiger partial charge >= 0.3 is 6.01 Å². The second-order valence-electron chi connectivity index (χ2n) is 12.6. The number of alkyl halides is 1. The predicted octanol–water partition coefficient (Wildman–Crippen LogP) is 5.58. The Balaban J connectivity index is 1.37. The van der Waals surface area contributed by atoms with Crippen molar-refractivity contribution < 1.29 is 27.4 Å². The number of aromatic hydroxyl groups is 1. The van der Waals surface area contributed by atoms with Crippen molar-refractivity contribution in [1.29, 1.82) is 0 Å². The summed E-state index contributed by atoms with van der Waals surface area (Å²) in [7, 11) is 0. The van der Waals surface area contributed by atoms with Crippen LogP contribution in [0.4, 0.5) is 23.4 Å². The van der Waals surface area contributed by atoms with Gasteiger partial charge in [-0.05, 0) is 75.2 Å². The number of aromatic nitrogens is 2. The number of rotatable bonds is 4. The van der Waals surface area contributed by atoms with E-state index in [1.807, 2.05) is 0 Å². The van der Waals surface area contributed by atoms with Crippen LogP contribution in [-0.2, 0) is 6.42 Å². The van der Waals surface area contributed by atoms with Gasteiger partial charge in [-0.2, -0.15) is 9.97 Å². The molecule has 2 N–H and O–H groups in total. The molecule has 8 rings (SSSR count). The van der Waals surface area contributed by atoms with Crippen molar-refractivity contribution in [2.45, 2.75) is 56.4 Å². The number of ether oxygens (including phenoxy) is 1. The first-order chi connectivity index (χ1) is 21.8. The molecular weight excluding hydrogens is 586 g/mol. The van der Waals surface area contributed by atoms with Gasteiger partial charge in [-0.25, -0.2) is 17.6 Å². The molecule has 3 aromatic carbocycles. The van der Waals surface area contributed by atoms with Crippen LogP contribution in [-0.4, -0.2) is 70.6 Å². The molecule has 4 aliphatic heterocycles. The van der Waals surface area contributed by atoms with Crippen LogP contribution in [0.15, 0.2) is 24.3 Å². The Morgan fingerprint density at radius 2 is 1.89 bits per heavy atom. The van der Waals surface area contributed by atoms with E-state index in [0.29, 0.717) is 25.0 Å². The second kappa shape index (κ2) is 10.5. The minimum atomic E-state index is -1.36. The number of fused-ring (bicyclic) bond motifs is 4. The second-order valence-corrected chi connectivity index (χ2v) is 12.6. The van der Waals surface area contributed by atoms with Gasteiger partial charge in [-0.15, -0.1) is 6.42 Å². The molecule has 2 atom stereocenters. The third-order valence-corrected chi connectivity index (χ3v) is 10.2. The molecule has 0 aliphatic carbocycles. The van der Waals surface area contributed by atoms with E-state index in [0.717, 1.165) is 44.8 Å². The lowest BCUT2D eigenvalue weighted by molar-refractivity contribution is 0.107. The maximum Gasteiger partial charge on any atom is 0.319 e. The lowest BCUT2D eigenvalue weighted by atomic mass is 9.90. The minimum absolute atomic E-state index is 0.0552. The summed E-state index contributed by atoms with van der Waals surface area (Å²) in [5, 5.41) is 14.0. The molecule has 45 heavy (non-hydrogen) atoms. The van der Waals surface area contributed by atoms with Crippen LogP contribution in [0.2, 0.25) is 0 Å². The molecule has 4 aromatic rings. The maximum atomic E-state index is 17.0. The first kappa shape index (κ1) is 28.3. The van der Waals surface area contributed by atoms with Gasteiger partial charge in [0, 0.05) is 29.1 Å². The van der Waals surface area contributed by atoms with Crippen LogP contribution >= 0.6 is 0 Å². The van der Waals surface area contributed by atoms with E-state index in [4.69, 9.17) is 16.1 Å². The molecule has 0 bridgehead atoms. The first-order valence-corrected chi connectivity index (χ1v) is 15.4. The van der Waals surface area contributed by atoms with Crippen LogP contribution in [0.25, 0.3) is 32.8 Å². The molecule has 4 aliphatic rings. The van der Waals surface area contributed by atoms with Crippen molar-refractivity contribution >= 4 is 27.5 Å². The largest absolute Gasteiger partial charge is 0.508 e. The number of hydrogen-bond donors (Lipinski definition) is 2. The minimum Gasteiger partial charge on any atom is -0.508 e. The van der Waals surface area contributed by atoms with Gasteiger partial charge in [0.05, 0.1) is 28.6 Å². The number of aryl methyl sites for hydroxylation is 1. The number of hydrogen-bond acceptors (Lipinski definition) is 7. The van der Waals surface area contributed by atoms with Gasteiger partial charge in [0.15, 0.2) is 12.1 Å². The average molecular weight is 618 g/mol. The Kier molecular flexibility index (Phi) is 6.59. The summed E-state index contributed by atoms with van der Waals surface area (Å²) in [6.45, 7) is 2.55. The smallest absolute Gasteiger partial charge is 0.319 e. The van der Waals surface area contributed by atoms with Crippen molar-refractivity contribution in [3.63, 3.8) is 0 Å². The number of terminal acetylenes is 1. The fourth-order valence-corrected chi connectivity index (χ4v) is 8.10. The summed E-state index contributed by atoms with van der Waals surface area (Å²) in [4.78, 5) is 13.4. The number of halogens is 4. The van der Waals surface area contributed by atoms with Gasteiger partial charge in [0.25, 0.3) is 0 Å². The topological polar surface area (TPSA) is 73.8 Å². The van der Waals surface area contributed by atoms with Gasteiger partial charge < -0.3 is 14.7 Å². The van der Waals surface area contributed by atoms with Crippen molar-refractivity contribution in [2.24, 2.45) is 0 Å². The molecule has 0 amide bonds. The zero-order valence-corrected chi connectivity index (χ0v) is 24.5. The van der Waals surface area contributed by atoms with Crippen LogP contribution in [0, 0.1) is 29.8 Å². The van der Waals surface area contributed by atoms with E-state index in [2.05, 4.69) is 21.1 Å². The summed E-state index contributed by atoms with van der Waals surface area (Å²) in [6.07, 6.45) is 9.02. The van der Waals surface area contributed by atoms with Gasteiger partial charge in [-0.1, -0.05) is 12.0 Å². The zero-order valence-electron chi connectivity index (χ0n) is 24.5. The van der Waals surface area contributed by atoms with Crippen molar-refractivity contribution in [2.75, 3.05) is 37.7 Å². The van der Waals surface area contributed by atoms with E-state index in [9.17, 15) is 13.9 Å². The third kappa shape index (κ3) is 4.33. The molecule has 3 fully saturated rings. The molecule has 5 heterocycles. The van der Waals surface area contributed by atoms with Crippen molar-refractivity contribution in [3.05, 3.63) is 52.8 Å². The van der Waals surface area contributed by atoms with Crippen molar-refractivity contribution in [1.82, 2.24) is 20.2 Å². The molecule has 7 nitrogen and oxygen atoms in total. The number of nitrogens with zero attached hydrogens (tertiary/aromatic N) is 4. The highest BCUT2D eigenvalue weighted by molar-refractivity contribution is 6.05. The molecule has 0 spiro atoms. The standard InChI is InChI=1S/C34H31F4N5O2/c1-2-21-24(35)8-5-18-13-20(44)14-23(26(18)21)27-29(37)22-7-6-19-15-39-25(36)16-43(19)32-28(22)31(30(27)38)40-33(41-32)45-17-34-9-3-11-42(34)12-4-10-34/h1,5,8,13-14,19,25,39,44H,3-4,6-7,9-12,15-17H2. The average Bonchev–Trinajstić information content (AvgIpc) is 3.56. The number of benzene rings is 3. The number of anilines is 1. The summed E-state index contributed by atoms with van der Waals surface area (Å²) in [6, 6.07) is 4.81. The molecular formula is C34H31F4N5O2. The molecule has 11 heteroatoms. The lowest BCUT2D eigenvalue weighted by Crippen LogP contribution is -2.55. The van der Waals surface area contributed by atoms with Gasteiger partial charge in [-0.3, -0.25) is 10.2 Å². The molecule has 2 unspecified atom stereocenters. The molecule has 3 saturated heterocycles. The highest BCUT2D eigenvalue weighted by Gasteiger charge is 2.45. The molecule has 1 aromatic heterocycles. The van der Waals surface area contributed by atoms with Crippen LogP contribution in [0.3, 0.4) is 0 Å². The first-order valence-electron chi connectivity index (χ1n) is 15.4. The number of phenols is 1. The summed E-state index contributed by atoms with van der Waals surface area (Å²) in [5.41, 5.74) is -0.894. The maximum absolute atomic E-state index is 17.0. The van der Waals surface area contributed by atoms with Gasteiger partial charge in [0.2, 0.25) is 0 Å². The Morgan fingerprint density at radius 1 is 1.09 bits per heavy atom. The molecule has 232 valence electrons. The van der Waals surface area contributed by atoms with E-state index >= 15 is 8.78 Å². The zero-order chi connectivity index (χ0) is 31.0. The SMILES string of the molecule is C#Cc1c(F)ccc2cc(O)cc(-c3c(F)c4c5c(nc(OCC67CCCN6CCC7)nc5c3F)N3CC(F)NCC3CC4)c12. The number of phenolic OH excluding ortho intramolecular Hbond substituents is 1. The summed E-state index contributed by atoms with van der Waals surface area (Å²) in [5.74, 6) is -0.359. The van der Waals surface area contributed by atoms with Crippen LogP contribution in [0.1, 0.15) is 43.2 Å². The van der Waals surface area contributed by atoms with Crippen molar-refractivity contribution in [3.8, 4) is 35.2 Å². The van der Waals surface area contributed by atoms with Gasteiger partial charge in [0.1, 0.15) is 35.3 Å². The Labute approximate surface area is 257 Å². The van der Waals surface area contributed by atoms with E-state index < -0.39 is 29.3 Å². The molecule has 0 radical (unpaired) electrons. The Bertz CT molecular complexity index is 1920. The summed E-state index contributed by atoms with van der Waals surface area (Å²) >= 11 is 0. The number of nitrogens with one attached hydrogen (secondary N) is 1. The fraction of sp³-hybridized carbons (Fsp3) is 0.412. The highest BCUT2D eigenvalue weighted by atomic mass is 19.1.